The summed E-state index contributed by atoms with van der Waals surface area (Å²) in [6, 6.07) is 12.4. The third kappa shape index (κ3) is 5.16. The van der Waals surface area contributed by atoms with Gasteiger partial charge in [-0.2, -0.15) is 0 Å². The molecule has 7 nitrogen and oxygen atoms in total. The summed E-state index contributed by atoms with van der Waals surface area (Å²) >= 11 is 0. The molecule has 1 saturated heterocycles. The van der Waals surface area contributed by atoms with Crippen LogP contribution in [0, 0.1) is 0 Å². The van der Waals surface area contributed by atoms with Crippen molar-refractivity contribution in [2.75, 3.05) is 37.7 Å². The van der Waals surface area contributed by atoms with Crippen LogP contribution >= 0.6 is 0 Å². The Morgan fingerprint density at radius 2 is 1.72 bits per heavy atom. The number of carbonyl (C=O) groups excluding carboxylic acids is 3. The number of nitrogens with zero attached hydrogens (tertiary/aromatic N) is 2. The molecule has 2 aromatic rings. The lowest BCUT2D eigenvalue weighted by molar-refractivity contribution is -0.121. The van der Waals surface area contributed by atoms with Gasteiger partial charge in [-0.3, -0.25) is 14.4 Å². The zero-order valence-corrected chi connectivity index (χ0v) is 18.4. The van der Waals surface area contributed by atoms with Gasteiger partial charge in [0.15, 0.2) is 12.4 Å². The van der Waals surface area contributed by atoms with Crippen molar-refractivity contribution < 1.29 is 19.1 Å². The van der Waals surface area contributed by atoms with Crippen molar-refractivity contribution in [2.45, 2.75) is 32.7 Å². The maximum Gasteiger partial charge on any atom is 0.265 e. The van der Waals surface area contributed by atoms with Gasteiger partial charge in [-0.1, -0.05) is 18.6 Å². The van der Waals surface area contributed by atoms with Crippen LogP contribution < -0.4 is 15.0 Å². The monoisotopic (exact) mass is 435 g/mol. The van der Waals surface area contributed by atoms with Gasteiger partial charge in [0.1, 0.15) is 5.75 Å². The van der Waals surface area contributed by atoms with Crippen molar-refractivity contribution in [3.63, 3.8) is 0 Å². The summed E-state index contributed by atoms with van der Waals surface area (Å²) in [6.07, 6.45) is 3.78. The molecule has 0 atom stereocenters. The highest BCUT2D eigenvalue weighted by Gasteiger charge is 2.26. The predicted octanol–water partition coefficient (Wildman–Crippen LogP) is 3.03. The van der Waals surface area contributed by atoms with Crippen molar-refractivity contribution >= 4 is 23.3 Å². The SMILES string of the molecule is CC(=O)c1ccc2c(c1)N(Cc1ccc(C(=O)NCCN3CCCCC3)cc1)C(=O)CO2. The van der Waals surface area contributed by atoms with Crippen LogP contribution in [-0.4, -0.2) is 55.3 Å². The van der Waals surface area contributed by atoms with Gasteiger partial charge in [0.25, 0.3) is 11.8 Å². The molecule has 0 saturated carbocycles. The largest absolute Gasteiger partial charge is 0.482 e. The quantitative estimate of drug-likeness (QED) is 0.677. The number of hydrogen-bond donors (Lipinski definition) is 1. The predicted molar refractivity (Wildman–Crippen MR) is 122 cm³/mol. The second-order valence-corrected chi connectivity index (χ2v) is 8.36. The van der Waals surface area contributed by atoms with Gasteiger partial charge in [0.05, 0.1) is 12.2 Å². The molecule has 32 heavy (non-hydrogen) atoms. The number of benzene rings is 2. The number of carbonyl (C=O) groups is 3. The zero-order chi connectivity index (χ0) is 22.5. The minimum atomic E-state index is -0.169. The molecule has 0 aromatic heterocycles. The molecule has 1 N–H and O–H groups in total. The van der Waals surface area contributed by atoms with Gasteiger partial charge < -0.3 is 19.9 Å². The summed E-state index contributed by atoms with van der Waals surface area (Å²) in [7, 11) is 0. The number of ketones is 1. The number of ether oxygens (including phenoxy) is 1. The number of piperidine rings is 1. The Hall–Kier alpha value is -3.19. The van der Waals surface area contributed by atoms with Crippen LogP contribution in [0.5, 0.6) is 5.75 Å². The van der Waals surface area contributed by atoms with E-state index < -0.39 is 0 Å². The van der Waals surface area contributed by atoms with E-state index in [1.54, 1.807) is 35.2 Å². The van der Waals surface area contributed by atoms with Gasteiger partial charge in [-0.15, -0.1) is 0 Å². The molecule has 0 spiro atoms. The van der Waals surface area contributed by atoms with E-state index in [-0.39, 0.29) is 24.2 Å². The molecule has 2 heterocycles. The van der Waals surface area contributed by atoms with E-state index in [0.717, 1.165) is 25.2 Å². The second-order valence-electron chi connectivity index (χ2n) is 8.36. The number of fused-ring (bicyclic) bond motifs is 1. The third-order valence-corrected chi connectivity index (χ3v) is 6.03. The second kappa shape index (κ2) is 9.96. The summed E-state index contributed by atoms with van der Waals surface area (Å²) < 4.78 is 5.51. The Kier molecular flexibility index (Phi) is 6.85. The number of amides is 2. The normalized spacial score (nSPS) is 16.3. The summed E-state index contributed by atoms with van der Waals surface area (Å²) in [4.78, 5) is 40.7. The minimum absolute atomic E-state index is 0.0378. The van der Waals surface area contributed by atoms with E-state index >= 15 is 0 Å². The van der Waals surface area contributed by atoms with Gasteiger partial charge in [-0.05, 0) is 68.8 Å². The Morgan fingerprint density at radius 3 is 2.44 bits per heavy atom. The first-order valence-corrected chi connectivity index (χ1v) is 11.2. The fraction of sp³-hybridized carbons (Fsp3) is 0.400. The molecule has 7 heteroatoms. The lowest BCUT2D eigenvalue weighted by Gasteiger charge is -2.29. The van der Waals surface area contributed by atoms with Crippen LogP contribution in [0.2, 0.25) is 0 Å². The molecule has 2 amide bonds. The molecule has 2 aliphatic rings. The number of Topliss-reactive ketones (excluding diaryl/α,β-unsaturated/α-hetero) is 1. The average Bonchev–Trinajstić information content (AvgIpc) is 2.81. The lowest BCUT2D eigenvalue weighted by atomic mass is 10.1. The van der Waals surface area contributed by atoms with Crippen LogP contribution in [0.1, 0.15) is 52.5 Å². The zero-order valence-electron chi connectivity index (χ0n) is 18.4. The lowest BCUT2D eigenvalue weighted by Crippen LogP contribution is -2.38. The summed E-state index contributed by atoms with van der Waals surface area (Å²) in [6.45, 7) is 5.54. The van der Waals surface area contributed by atoms with Gasteiger partial charge in [0.2, 0.25) is 0 Å². The standard InChI is InChI=1S/C25H29N3O4/c1-18(29)21-9-10-23-22(15-21)28(24(30)17-32-23)16-19-5-7-20(8-6-19)25(31)26-11-14-27-12-3-2-4-13-27/h5-10,15H,2-4,11-14,16-17H2,1H3,(H,26,31). The molecule has 4 rings (SSSR count). The van der Waals surface area contributed by atoms with E-state index in [1.807, 2.05) is 12.1 Å². The number of rotatable bonds is 7. The third-order valence-electron chi connectivity index (χ3n) is 6.03. The minimum Gasteiger partial charge on any atom is -0.482 e. The van der Waals surface area contributed by atoms with Crippen LogP contribution in [0.3, 0.4) is 0 Å². The van der Waals surface area contributed by atoms with Gasteiger partial charge in [0, 0.05) is 24.2 Å². The van der Waals surface area contributed by atoms with E-state index in [4.69, 9.17) is 4.74 Å². The molecule has 168 valence electrons. The van der Waals surface area contributed by atoms with E-state index in [1.165, 1.54) is 26.2 Å². The summed E-state index contributed by atoms with van der Waals surface area (Å²) in [5.41, 5.74) is 2.61. The Balaban J connectivity index is 1.38. The fourth-order valence-corrected chi connectivity index (χ4v) is 4.15. The van der Waals surface area contributed by atoms with Gasteiger partial charge in [-0.25, -0.2) is 0 Å². The average molecular weight is 436 g/mol. The Bertz CT molecular complexity index is 997. The van der Waals surface area contributed by atoms with E-state index in [9.17, 15) is 14.4 Å². The number of hydrogen-bond acceptors (Lipinski definition) is 5. The topological polar surface area (TPSA) is 79.0 Å². The maximum atomic E-state index is 12.5. The van der Waals surface area contributed by atoms with Gasteiger partial charge >= 0.3 is 0 Å². The first kappa shape index (κ1) is 22.0. The molecule has 2 aromatic carbocycles. The molecule has 0 radical (unpaired) electrons. The van der Waals surface area contributed by atoms with Crippen molar-refractivity contribution in [2.24, 2.45) is 0 Å². The number of nitrogens with one attached hydrogen (secondary N) is 1. The van der Waals surface area contributed by atoms with Crippen LogP contribution in [0.25, 0.3) is 0 Å². The van der Waals surface area contributed by atoms with Crippen LogP contribution in [0.4, 0.5) is 5.69 Å². The molecule has 0 unspecified atom stereocenters. The van der Waals surface area contributed by atoms with E-state index in [2.05, 4.69) is 10.2 Å². The first-order chi connectivity index (χ1) is 15.5. The highest BCUT2D eigenvalue weighted by molar-refractivity contribution is 6.01. The Morgan fingerprint density at radius 1 is 1.00 bits per heavy atom. The fourth-order valence-electron chi connectivity index (χ4n) is 4.15. The highest BCUT2D eigenvalue weighted by Crippen LogP contribution is 2.34. The Labute approximate surface area is 188 Å². The first-order valence-electron chi connectivity index (χ1n) is 11.2. The molecule has 0 aliphatic carbocycles. The van der Waals surface area contributed by atoms with Crippen molar-refractivity contribution in [1.29, 1.82) is 0 Å². The molecule has 0 bridgehead atoms. The summed E-state index contributed by atoms with van der Waals surface area (Å²) in [5, 5.41) is 2.99. The van der Waals surface area contributed by atoms with Crippen molar-refractivity contribution in [1.82, 2.24) is 10.2 Å². The highest BCUT2D eigenvalue weighted by atomic mass is 16.5. The molecular weight excluding hydrogens is 406 g/mol. The van der Waals surface area contributed by atoms with Crippen LogP contribution in [0.15, 0.2) is 42.5 Å². The van der Waals surface area contributed by atoms with Crippen molar-refractivity contribution in [3.05, 3.63) is 59.2 Å². The molecule has 1 fully saturated rings. The smallest absolute Gasteiger partial charge is 0.265 e. The molecular formula is C25H29N3O4. The van der Waals surface area contributed by atoms with Crippen molar-refractivity contribution in [3.8, 4) is 5.75 Å². The van der Waals surface area contributed by atoms with Crippen LogP contribution in [-0.2, 0) is 11.3 Å². The molecule has 2 aliphatic heterocycles. The van der Waals surface area contributed by atoms with E-state index in [0.29, 0.717) is 35.7 Å². The number of anilines is 1. The summed E-state index contributed by atoms with van der Waals surface area (Å²) in [5.74, 6) is 0.255. The maximum absolute atomic E-state index is 12.5. The number of likely N-dealkylation sites (tertiary alicyclic amines) is 1.